The zero-order valence-corrected chi connectivity index (χ0v) is 12.9. The van der Waals surface area contributed by atoms with Crippen molar-refractivity contribution in [2.24, 2.45) is 0 Å². The number of aromatic nitrogens is 2. The third-order valence-electron chi connectivity index (χ3n) is 4.27. The average molecular weight is 281 g/mol. The number of hydrogen-bond donors (Lipinski definition) is 1. The van der Waals surface area contributed by atoms with Crippen LogP contribution in [0.5, 0.6) is 0 Å². The Hall–Kier alpha value is -1.90. The van der Waals surface area contributed by atoms with E-state index in [0.29, 0.717) is 5.92 Å². The van der Waals surface area contributed by atoms with Gasteiger partial charge >= 0.3 is 0 Å². The van der Waals surface area contributed by atoms with Gasteiger partial charge < -0.3 is 5.32 Å². The predicted octanol–water partition coefficient (Wildman–Crippen LogP) is 4.08. The molecule has 1 N–H and O–H groups in total. The van der Waals surface area contributed by atoms with Gasteiger partial charge in [0.05, 0.1) is 0 Å². The van der Waals surface area contributed by atoms with Crippen LogP contribution in [0.2, 0.25) is 0 Å². The lowest BCUT2D eigenvalue weighted by Gasteiger charge is -2.12. The monoisotopic (exact) mass is 281 g/mol. The summed E-state index contributed by atoms with van der Waals surface area (Å²) in [5.41, 5.74) is 3.78. The maximum Gasteiger partial charge on any atom is 0.135 e. The Morgan fingerprint density at radius 2 is 1.95 bits per heavy atom. The van der Waals surface area contributed by atoms with E-state index in [1.807, 2.05) is 7.05 Å². The van der Waals surface area contributed by atoms with Gasteiger partial charge in [-0.25, -0.2) is 9.97 Å². The maximum atomic E-state index is 4.84. The Labute approximate surface area is 126 Å². The Morgan fingerprint density at radius 1 is 1.14 bits per heavy atom. The van der Waals surface area contributed by atoms with Crippen molar-refractivity contribution in [1.29, 1.82) is 0 Å². The Kier molecular flexibility index (Phi) is 4.18. The Morgan fingerprint density at radius 3 is 2.67 bits per heavy atom. The first-order valence-electron chi connectivity index (χ1n) is 7.86. The summed E-state index contributed by atoms with van der Waals surface area (Å²) in [6.45, 7) is 2.12. The van der Waals surface area contributed by atoms with E-state index in [0.717, 1.165) is 18.1 Å². The molecule has 0 aliphatic heterocycles. The molecule has 0 radical (unpaired) electrons. The molecule has 1 aliphatic carbocycles. The van der Waals surface area contributed by atoms with Crippen LogP contribution < -0.4 is 5.32 Å². The van der Waals surface area contributed by atoms with Gasteiger partial charge in [0.2, 0.25) is 0 Å². The minimum atomic E-state index is 0.622. The van der Waals surface area contributed by atoms with Gasteiger partial charge in [0, 0.05) is 31.1 Å². The lowest BCUT2D eigenvalue weighted by Crippen LogP contribution is -2.06. The van der Waals surface area contributed by atoms with Crippen LogP contribution in [-0.4, -0.2) is 17.0 Å². The van der Waals surface area contributed by atoms with E-state index in [-0.39, 0.29) is 0 Å². The lowest BCUT2D eigenvalue weighted by atomic mass is 10.0. The molecular weight excluding hydrogens is 258 g/mol. The first-order valence-corrected chi connectivity index (χ1v) is 7.86. The van der Waals surface area contributed by atoms with Crippen LogP contribution in [0.1, 0.15) is 54.2 Å². The smallest absolute Gasteiger partial charge is 0.135 e. The first kappa shape index (κ1) is 14.1. The Bertz CT molecular complexity index is 616. The van der Waals surface area contributed by atoms with Crippen molar-refractivity contribution in [2.45, 2.75) is 44.9 Å². The highest BCUT2D eigenvalue weighted by molar-refractivity contribution is 5.37. The zero-order valence-electron chi connectivity index (χ0n) is 12.9. The largest absolute Gasteiger partial charge is 0.373 e. The second-order valence-electron chi connectivity index (χ2n) is 5.99. The quantitative estimate of drug-likeness (QED) is 0.917. The van der Waals surface area contributed by atoms with E-state index in [1.165, 1.54) is 42.5 Å². The van der Waals surface area contributed by atoms with Gasteiger partial charge in [0.1, 0.15) is 11.6 Å². The van der Waals surface area contributed by atoms with Crippen LogP contribution in [0.3, 0.4) is 0 Å². The van der Waals surface area contributed by atoms with Gasteiger partial charge in [-0.05, 0) is 25.3 Å². The van der Waals surface area contributed by atoms with Crippen LogP contribution in [0.15, 0.2) is 30.3 Å². The predicted molar refractivity (Wildman–Crippen MR) is 86.8 cm³/mol. The number of rotatable bonds is 4. The number of nitrogens with one attached hydrogen (secondary N) is 1. The second-order valence-corrected chi connectivity index (χ2v) is 5.99. The molecule has 0 bridgehead atoms. The molecule has 3 nitrogen and oxygen atoms in total. The highest BCUT2D eigenvalue weighted by Gasteiger charge is 2.19. The number of hydrogen-bond acceptors (Lipinski definition) is 3. The van der Waals surface area contributed by atoms with Gasteiger partial charge in [0.25, 0.3) is 0 Å². The standard InChI is InChI=1S/C18H23N3/c1-13-6-5-7-14(10-13)11-18-20-16(12-17(19-2)21-18)15-8-3-4-9-15/h5-7,10,12,15H,3-4,8-9,11H2,1-2H3,(H,19,20,21). The molecule has 1 saturated carbocycles. The van der Waals surface area contributed by atoms with E-state index in [1.54, 1.807) is 0 Å². The zero-order chi connectivity index (χ0) is 14.7. The van der Waals surface area contributed by atoms with Crippen molar-refractivity contribution in [3.63, 3.8) is 0 Å². The molecular formula is C18H23N3. The maximum absolute atomic E-state index is 4.84. The molecule has 0 unspecified atom stereocenters. The summed E-state index contributed by atoms with van der Waals surface area (Å²) in [5.74, 6) is 2.49. The van der Waals surface area contributed by atoms with E-state index < -0.39 is 0 Å². The van der Waals surface area contributed by atoms with E-state index in [2.05, 4.69) is 47.6 Å². The summed E-state index contributed by atoms with van der Waals surface area (Å²) in [4.78, 5) is 9.46. The normalized spacial score (nSPS) is 15.3. The fraction of sp³-hybridized carbons (Fsp3) is 0.444. The van der Waals surface area contributed by atoms with Gasteiger partial charge in [0.15, 0.2) is 0 Å². The van der Waals surface area contributed by atoms with Crippen LogP contribution in [0.25, 0.3) is 0 Å². The molecule has 0 atom stereocenters. The fourth-order valence-corrected chi connectivity index (χ4v) is 3.16. The summed E-state index contributed by atoms with van der Waals surface area (Å²) in [5, 5.41) is 3.18. The molecule has 3 rings (SSSR count). The molecule has 2 aromatic rings. The molecule has 1 aromatic heterocycles. The molecule has 0 saturated heterocycles. The first-order chi connectivity index (χ1) is 10.2. The highest BCUT2D eigenvalue weighted by Crippen LogP contribution is 2.33. The molecule has 1 aliphatic rings. The fourth-order valence-electron chi connectivity index (χ4n) is 3.16. The number of benzene rings is 1. The van der Waals surface area contributed by atoms with Crippen molar-refractivity contribution in [2.75, 3.05) is 12.4 Å². The van der Waals surface area contributed by atoms with Crippen LogP contribution >= 0.6 is 0 Å². The summed E-state index contributed by atoms with van der Waals surface area (Å²) in [6, 6.07) is 10.7. The molecule has 3 heteroatoms. The molecule has 1 fully saturated rings. The molecule has 0 amide bonds. The number of aryl methyl sites for hydroxylation is 1. The van der Waals surface area contributed by atoms with Crippen molar-refractivity contribution in [3.05, 3.63) is 53.0 Å². The number of anilines is 1. The molecule has 110 valence electrons. The Balaban J connectivity index is 1.88. The van der Waals surface area contributed by atoms with Gasteiger partial charge in [-0.1, -0.05) is 42.7 Å². The third-order valence-corrected chi connectivity index (χ3v) is 4.27. The number of nitrogens with zero attached hydrogens (tertiary/aromatic N) is 2. The second kappa shape index (κ2) is 6.25. The minimum absolute atomic E-state index is 0.622. The SMILES string of the molecule is CNc1cc(C2CCCC2)nc(Cc2cccc(C)c2)n1. The van der Waals surface area contributed by atoms with Crippen molar-refractivity contribution in [1.82, 2.24) is 9.97 Å². The average Bonchev–Trinajstić information content (AvgIpc) is 3.01. The van der Waals surface area contributed by atoms with Crippen molar-refractivity contribution >= 4 is 5.82 Å². The molecule has 1 heterocycles. The van der Waals surface area contributed by atoms with Crippen molar-refractivity contribution in [3.8, 4) is 0 Å². The lowest BCUT2D eigenvalue weighted by molar-refractivity contribution is 0.686. The van der Waals surface area contributed by atoms with Crippen LogP contribution in [0, 0.1) is 6.92 Å². The van der Waals surface area contributed by atoms with Gasteiger partial charge in [-0.15, -0.1) is 0 Å². The minimum Gasteiger partial charge on any atom is -0.373 e. The summed E-state index contributed by atoms with van der Waals surface area (Å²) in [7, 11) is 1.93. The summed E-state index contributed by atoms with van der Waals surface area (Å²) >= 11 is 0. The summed E-state index contributed by atoms with van der Waals surface area (Å²) < 4.78 is 0. The van der Waals surface area contributed by atoms with Crippen LogP contribution in [-0.2, 0) is 6.42 Å². The van der Waals surface area contributed by atoms with Crippen LogP contribution in [0.4, 0.5) is 5.82 Å². The topological polar surface area (TPSA) is 37.8 Å². The van der Waals surface area contributed by atoms with Gasteiger partial charge in [-0.3, -0.25) is 0 Å². The molecule has 1 aromatic carbocycles. The van der Waals surface area contributed by atoms with E-state index in [4.69, 9.17) is 4.98 Å². The van der Waals surface area contributed by atoms with Gasteiger partial charge in [-0.2, -0.15) is 0 Å². The highest BCUT2D eigenvalue weighted by atomic mass is 15.0. The molecule has 0 spiro atoms. The van der Waals surface area contributed by atoms with E-state index >= 15 is 0 Å². The third kappa shape index (κ3) is 3.41. The van der Waals surface area contributed by atoms with Crippen molar-refractivity contribution < 1.29 is 0 Å². The van der Waals surface area contributed by atoms with E-state index in [9.17, 15) is 0 Å². The summed E-state index contributed by atoms with van der Waals surface area (Å²) in [6.07, 6.45) is 6.00. The molecule has 21 heavy (non-hydrogen) atoms.